The molecule has 3 aromatic rings. The lowest BCUT2D eigenvalue weighted by Gasteiger charge is -2.13. The summed E-state index contributed by atoms with van der Waals surface area (Å²) < 4.78 is 1.88. The fourth-order valence-electron chi connectivity index (χ4n) is 3.20. The van der Waals surface area contributed by atoms with Crippen LogP contribution in [-0.2, 0) is 6.42 Å². The molecule has 2 aromatic carbocycles. The molecule has 0 aliphatic heterocycles. The van der Waals surface area contributed by atoms with Gasteiger partial charge in [-0.25, -0.2) is 4.68 Å². The molecule has 1 N–H and O–H groups in total. The highest BCUT2D eigenvalue weighted by Gasteiger charge is 2.27. The van der Waals surface area contributed by atoms with Gasteiger partial charge in [0.1, 0.15) is 0 Å². The third kappa shape index (κ3) is 2.94. The van der Waals surface area contributed by atoms with Crippen LogP contribution < -0.4 is 5.32 Å². The molecule has 1 aromatic heterocycles. The number of para-hydroxylation sites is 1. The molecule has 0 radical (unpaired) electrons. The minimum absolute atomic E-state index is 0.143. The fourth-order valence-corrected chi connectivity index (χ4v) is 3.38. The lowest BCUT2D eigenvalue weighted by Crippen LogP contribution is -2.13. The van der Waals surface area contributed by atoms with Gasteiger partial charge in [-0.2, -0.15) is 0 Å². The summed E-state index contributed by atoms with van der Waals surface area (Å²) in [5.41, 5.74) is 4.48. The molecule has 0 saturated heterocycles. The lowest BCUT2D eigenvalue weighted by molar-refractivity contribution is 0.0973. The predicted molar refractivity (Wildman–Crippen MR) is 100 cm³/mol. The summed E-state index contributed by atoms with van der Waals surface area (Å²) in [6.45, 7) is 1.96. The minimum atomic E-state index is 0.143. The Kier molecular flexibility index (Phi) is 4.06. The number of carbonyl (C=O) groups excluding carboxylic acids is 1. The van der Waals surface area contributed by atoms with Crippen molar-refractivity contribution >= 4 is 28.9 Å². The van der Waals surface area contributed by atoms with E-state index in [0.717, 1.165) is 35.5 Å². The van der Waals surface area contributed by atoms with E-state index in [1.165, 1.54) is 0 Å². The van der Waals surface area contributed by atoms with Crippen LogP contribution in [0.2, 0.25) is 5.02 Å². The van der Waals surface area contributed by atoms with Crippen molar-refractivity contribution in [3.8, 4) is 5.69 Å². The molecule has 0 bridgehead atoms. The van der Waals surface area contributed by atoms with Gasteiger partial charge in [0.2, 0.25) is 0 Å². The summed E-state index contributed by atoms with van der Waals surface area (Å²) in [4.78, 5) is 12.5. The molecule has 1 heterocycles. The number of rotatable bonds is 3. The standard InChI is InChI=1S/C20H18ClN3O/c1-13-10-11-14(12-16(13)21)22-20-19-17(8-5-9-18(19)25)24(23-20)15-6-3-2-4-7-15/h2-4,6-7,10-12H,5,8-9H2,1H3,(H,22,23). The number of anilines is 2. The topological polar surface area (TPSA) is 46.9 Å². The summed E-state index contributed by atoms with van der Waals surface area (Å²) in [7, 11) is 0. The van der Waals surface area contributed by atoms with Crippen molar-refractivity contribution in [2.75, 3.05) is 5.32 Å². The van der Waals surface area contributed by atoms with Crippen LogP contribution in [0.4, 0.5) is 11.5 Å². The first-order chi connectivity index (χ1) is 12.1. The average molecular weight is 352 g/mol. The molecule has 0 fully saturated rings. The number of halogens is 1. The first-order valence-electron chi connectivity index (χ1n) is 8.37. The number of benzene rings is 2. The number of hydrogen-bond acceptors (Lipinski definition) is 3. The van der Waals surface area contributed by atoms with Gasteiger partial charge in [0, 0.05) is 17.1 Å². The number of fused-ring (bicyclic) bond motifs is 1. The lowest BCUT2D eigenvalue weighted by atomic mass is 9.95. The average Bonchev–Trinajstić information content (AvgIpc) is 2.99. The smallest absolute Gasteiger partial charge is 0.168 e. The van der Waals surface area contributed by atoms with E-state index in [2.05, 4.69) is 5.32 Å². The summed E-state index contributed by atoms with van der Waals surface area (Å²) in [6, 6.07) is 15.7. The van der Waals surface area contributed by atoms with Crippen molar-refractivity contribution in [2.45, 2.75) is 26.2 Å². The number of hydrogen-bond donors (Lipinski definition) is 1. The monoisotopic (exact) mass is 351 g/mol. The second kappa shape index (κ2) is 6.37. The largest absolute Gasteiger partial charge is 0.338 e. The molecule has 1 aliphatic carbocycles. The van der Waals surface area contributed by atoms with E-state index in [1.54, 1.807) is 0 Å². The maximum Gasteiger partial charge on any atom is 0.168 e. The Morgan fingerprint density at radius 3 is 2.68 bits per heavy atom. The van der Waals surface area contributed by atoms with Crippen molar-refractivity contribution in [1.29, 1.82) is 0 Å². The zero-order chi connectivity index (χ0) is 17.4. The summed E-state index contributed by atoms with van der Waals surface area (Å²) in [5, 5.41) is 8.67. The van der Waals surface area contributed by atoms with Crippen LogP contribution in [0.1, 0.15) is 34.5 Å². The van der Waals surface area contributed by atoms with Crippen LogP contribution in [0.3, 0.4) is 0 Å². The molecular formula is C20H18ClN3O. The van der Waals surface area contributed by atoms with Gasteiger partial charge in [-0.05, 0) is 49.6 Å². The maximum absolute atomic E-state index is 12.5. The zero-order valence-electron chi connectivity index (χ0n) is 13.9. The zero-order valence-corrected chi connectivity index (χ0v) is 14.7. The number of carbonyl (C=O) groups is 1. The van der Waals surface area contributed by atoms with Crippen LogP contribution >= 0.6 is 11.6 Å². The third-order valence-electron chi connectivity index (χ3n) is 4.51. The quantitative estimate of drug-likeness (QED) is 0.714. The van der Waals surface area contributed by atoms with Gasteiger partial charge in [0.15, 0.2) is 11.6 Å². The molecule has 0 atom stereocenters. The SMILES string of the molecule is Cc1ccc(Nc2nn(-c3ccccc3)c3c2C(=O)CCC3)cc1Cl. The molecule has 0 amide bonds. The van der Waals surface area contributed by atoms with Crippen LogP contribution in [0.15, 0.2) is 48.5 Å². The number of aromatic nitrogens is 2. The molecule has 126 valence electrons. The van der Waals surface area contributed by atoms with Gasteiger partial charge in [0.05, 0.1) is 16.9 Å². The second-order valence-electron chi connectivity index (χ2n) is 6.28. The highest BCUT2D eigenvalue weighted by Crippen LogP contribution is 2.32. The maximum atomic E-state index is 12.5. The number of nitrogens with zero attached hydrogens (tertiary/aromatic N) is 2. The summed E-state index contributed by atoms with van der Waals surface area (Å²) >= 11 is 6.22. The molecule has 0 unspecified atom stereocenters. The van der Waals surface area contributed by atoms with Crippen molar-refractivity contribution in [3.63, 3.8) is 0 Å². The Hall–Kier alpha value is -2.59. The van der Waals surface area contributed by atoms with Gasteiger partial charge in [0.25, 0.3) is 0 Å². The second-order valence-corrected chi connectivity index (χ2v) is 6.69. The normalized spacial score (nSPS) is 13.6. The number of aryl methyl sites for hydroxylation is 1. The first kappa shape index (κ1) is 15.9. The van der Waals surface area contributed by atoms with Crippen LogP contribution in [-0.4, -0.2) is 15.6 Å². The highest BCUT2D eigenvalue weighted by molar-refractivity contribution is 6.31. The number of ketones is 1. The van der Waals surface area contributed by atoms with Gasteiger partial charge in [-0.1, -0.05) is 35.9 Å². The Morgan fingerprint density at radius 1 is 1.12 bits per heavy atom. The summed E-state index contributed by atoms with van der Waals surface area (Å²) in [6.07, 6.45) is 2.27. The minimum Gasteiger partial charge on any atom is -0.338 e. The van der Waals surface area contributed by atoms with Crippen molar-refractivity contribution in [1.82, 2.24) is 9.78 Å². The van der Waals surface area contributed by atoms with Crippen molar-refractivity contribution in [3.05, 3.63) is 70.4 Å². The van der Waals surface area contributed by atoms with E-state index in [1.807, 2.05) is 60.1 Å². The van der Waals surface area contributed by atoms with E-state index in [-0.39, 0.29) is 5.78 Å². The van der Waals surface area contributed by atoms with E-state index >= 15 is 0 Å². The van der Waals surface area contributed by atoms with E-state index in [4.69, 9.17) is 16.7 Å². The van der Waals surface area contributed by atoms with Gasteiger partial charge >= 0.3 is 0 Å². The Bertz CT molecular complexity index is 947. The summed E-state index contributed by atoms with van der Waals surface area (Å²) in [5.74, 6) is 0.743. The van der Waals surface area contributed by atoms with Crippen LogP contribution in [0.5, 0.6) is 0 Å². The molecule has 0 saturated carbocycles. The van der Waals surface area contributed by atoms with Crippen LogP contribution in [0, 0.1) is 6.92 Å². The van der Waals surface area contributed by atoms with Gasteiger partial charge in [-0.15, -0.1) is 5.10 Å². The first-order valence-corrected chi connectivity index (χ1v) is 8.75. The molecule has 4 rings (SSSR count). The van der Waals surface area contributed by atoms with Crippen LogP contribution in [0.25, 0.3) is 5.69 Å². The molecule has 1 aliphatic rings. The third-order valence-corrected chi connectivity index (χ3v) is 4.92. The fraction of sp³-hybridized carbons (Fsp3) is 0.200. The number of Topliss-reactive ketones (excluding diaryl/α,β-unsaturated/α-hetero) is 1. The predicted octanol–water partition coefficient (Wildman–Crippen LogP) is 5.10. The van der Waals surface area contributed by atoms with Gasteiger partial charge < -0.3 is 5.32 Å². The van der Waals surface area contributed by atoms with E-state index < -0.39 is 0 Å². The van der Waals surface area contributed by atoms with Gasteiger partial charge in [-0.3, -0.25) is 4.79 Å². The van der Waals surface area contributed by atoms with Crippen molar-refractivity contribution < 1.29 is 4.79 Å². The van der Waals surface area contributed by atoms with Crippen molar-refractivity contribution in [2.24, 2.45) is 0 Å². The Labute approximate surface area is 151 Å². The molecule has 4 nitrogen and oxygen atoms in total. The molecular weight excluding hydrogens is 334 g/mol. The molecule has 25 heavy (non-hydrogen) atoms. The molecule has 0 spiro atoms. The Balaban J connectivity index is 1.81. The van der Waals surface area contributed by atoms with E-state index in [9.17, 15) is 4.79 Å². The van der Waals surface area contributed by atoms with E-state index in [0.29, 0.717) is 22.8 Å². The number of nitrogens with one attached hydrogen (secondary N) is 1. The Morgan fingerprint density at radius 2 is 1.92 bits per heavy atom. The molecule has 5 heteroatoms. The highest BCUT2D eigenvalue weighted by atomic mass is 35.5.